The van der Waals surface area contributed by atoms with Gasteiger partial charge in [0.05, 0.1) is 5.56 Å². The van der Waals surface area contributed by atoms with Crippen molar-refractivity contribution < 1.29 is 9.53 Å². The highest BCUT2D eigenvalue weighted by Crippen LogP contribution is 2.08. The Morgan fingerprint density at radius 2 is 1.80 bits per heavy atom. The summed E-state index contributed by atoms with van der Waals surface area (Å²) in [6.45, 7) is 11.9. The molecule has 0 aliphatic heterocycles. The number of rotatable bonds is 1. The Labute approximate surface area is 121 Å². The van der Waals surface area contributed by atoms with Gasteiger partial charge in [0, 0.05) is 12.4 Å². The SMILES string of the molecule is CC(C)(C)OC(=O)Nc1ncc(C#C[Si](C)(C)C)cn1. The van der Waals surface area contributed by atoms with Gasteiger partial charge in [0.1, 0.15) is 13.7 Å². The molecule has 0 fully saturated rings. The number of anilines is 1. The number of aromatic nitrogens is 2. The van der Waals surface area contributed by atoms with E-state index in [2.05, 4.69) is 46.4 Å². The molecule has 0 saturated heterocycles. The molecule has 0 spiro atoms. The molecule has 1 aromatic heterocycles. The maximum atomic E-state index is 11.5. The molecular formula is C14H21N3O2Si. The molecule has 0 atom stereocenters. The molecule has 1 amide bonds. The van der Waals surface area contributed by atoms with Crippen molar-refractivity contribution in [2.45, 2.75) is 46.0 Å². The molecule has 0 aliphatic rings. The Balaban J connectivity index is 2.67. The lowest BCUT2D eigenvalue weighted by Gasteiger charge is -2.19. The van der Waals surface area contributed by atoms with Crippen molar-refractivity contribution in [2.24, 2.45) is 0 Å². The van der Waals surface area contributed by atoms with Crippen LogP contribution in [0.5, 0.6) is 0 Å². The number of hydrogen-bond acceptors (Lipinski definition) is 4. The Morgan fingerprint density at radius 1 is 1.25 bits per heavy atom. The van der Waals surface area contributed by atoms with Crippen LogP contribution in [-0.2, 0) is 4.74 Å². The maximum absolute atomic E-state index is 11.5. The van der Waals surface area contributed by atoms with Gasteiger partial charge in [-0.1, -0.05) is 25.6 Å². The molecule has 20 heavy (non-hydrogen) atoms. The molecule has 0 aliphatic carbocycles. The lowest BCUT2D eigenvalue weighted by molar-refractivity contribution is 0.0634. The number of carbonyl (C=O) groups excluding carboxylic acids is 1. The second kappa shape index (κ2) is 6.05. The first-order chi connectivity index (χ1) is 9.05. The second-order valence-electron chi connectivity index (χ2n) is 6.42. The summed E-state index contributed by atoms with van der Waals surface area (Å²) in [5, 5.41) is 2.48. The topological polar surface area (TPSA) is 64.1 Å². The lowest BCUT2D eigenvalue weighted by atomic mass is 10.2. The fourth-order valence-electron chi connectivity index (χ4n) is 1.11. The quantitative estimate of drug-likeness (QED) is 0.638. The predicted octanol–water partition coefficient (Wildman–Crippen LogP) is 3.05. The summed E-state index contributed by atoms with van der Waals surface area (Å²) >= 11 is 0. The van der Waals surface area contributed by atoms with E-state index in [-0.39, 0.29) is 5.95 Å². The molecule has 0 unspecified atom stereocenters. The number of nitrogens with one attached hydrogen (secondary N) is 1. The largest absolute Gasteiger partial charge is 0.444 e. The van der Waals surface area contributed by atoms with Crippen molar-refractivity contribution in [1.29, 1.82) is 0 Å². The first kappa shape index (κ1) is 16.2. The third-order valence-corrected chi connectivity index (χ3v) is 2.72. The summed E-state index contributed by atoms with van der Waals surface area (Å²) in [7, 11) is -1.41. The van der Waals surface area contributed by atoms with Gasteiger partial charge in [-0.05, 0) is 20.8 Å². The molecule has 108 valence electrons. The van der Waals surface area contributed by atoms with Gasteiger partial charge in [-0.2, -0.15) is 0 Å². The van der Waals surface area contributed by atoms with Crippen LogP contribution in [0, 0.1) is 11.5 Å². The summed E-state index contributed by atoms with van der Waals surface area (Å²) in [6.07, 6.45) is 2.61. The van der Waals surface area contributed by atoms with Crippen LogP contribution in [0.25, 0.3) is 0 Å². The number of nitrogens with zero attached hydrogens (tertiary/aromatic N) is 2. The highest BCUT2D eigenvalue weighted by molar-refractivity contribution is 6.83. The molecule has 1 N–H and O–H groups in total. The van der Waals surface area contributed by atoms with Gasteiger partial charge in [-0.3, -0.25) is 5.32 Å². The zero-order chi connectivity index (χ0) is 15.4. The third kappa shape index (κ3) is 6.90. The van der Waals surface area contributed by atoms with Crippen LogP contribution in [0.2, 0.25) is 19.6 Å². The summed E-state index contributed by atoms with van der Waals surface area (Å²) < 4.78 is 5.11. The Kier molecular flexibility index (Phi) is 4.90. The van der Waals surface area contributed by atoms with Gasteiger partial charge in [0.2, 0.25) is 5.95 Å². The van der Waals surface area contributed by atoms with Crippen LogP contribution >= 0.6 is 0 Å². The summed E-state index contributed by atoms with van der Waals surface area (Å²) in [4.78, 5) is 19.6. The van der Waals surface area contributed by atoms with Crippen LogP contribution in [0.15, 0.2) is 12.4 Å². The van der Waals surface area contributed by atoms with E-state index in [9.17, 15) is 4.79 Å². The van der Waals surface area contributed by atoms with Gasteiger partial charge in [-0.25, -0.2) is 14.8 Å². The number of hydrogen-bond donors (Lipinski definition) is 1. The number of amides is 1. The van der Waals surface area contributed by atoms with Crippen LogP contribution in [0.3, 0.4) is 0 Å². The number of ether oxygens (including phenoxy) is 1. The van der Waals surface area contributed by atoms with Crippen molar-refractivity contribution in [3.63, 3.8) is 0 Å². The predicted molar refractivity (Wildman–Crippen MR) is 82.1 cm³/mol. The monoisotopic (exact) mass is 291 g/mol. The summed E-state index contributed by atoms with van der Waals surface area (Å²) in [5.74, 6) is 3.25. The average Bonchev–Trinajstić information content (AvgIpc) is 2.24. The van der Waals surface area contributed by atoms with Crippen LogP contribution in [0.4, 0.5) is 10.7 Å². The van der Waals surface area contributed by atoms with E-state index in [1.165, 1.54) is 0 Å². The van der Waals surface area contributed by atoms with E-state index >= 15 is 0 Å². The molecule has 0 radical (unpaired) electrons. The van der Waals surface area contributed by atoms with E-state index in [1.807, 2.05) is 0 Å². The Morgan fingerprint density at radius 3 is 2.25 bits per heavy atom. The minimum Gasteiger partial charge on any atom is -0.444 e. The van der Waals surface area contributed by atoms with Crippen molar-refractivity contribution in [2.75, 3.05) is 5.32 Å². The van der Waals surface area contributed by atoms with Crippen molar-refractivity contribution >= 4 is 20.1 Å². The lowest BCUT2D eigenvalue weighted by Crippen LogP contribution is -2.27. The molecule has 0 bridgehead atoms. The van der Waals surface area contributed by atoms with Gasteiger partial charge in [-0.15, -0.1) is 5.54 Å². The molecular weight excluding hydrogens is 270 g/mol. The average molecular weight is 291 g/mol. The van der Waals surface area contributed by atoms with Crippen LogP contribution < -0.4 is 5.32 Å². The molecule has 1 aromatic rings. The number of carbonyl (C=O) groups is 1. The van der Waals surface area contributed by atoms with E-state index in [0.29, 0.717) is 0 Å². The molecule has 1 heterocycles. The van der Waals surface area contributed by atoms with Gasteiger partial charge in [0.15, 0.2) is 0 Å². The fourth-order valence-corrected chi connectivity index (χ4v) is 1.63. The van der Waals surface area contributed by atoms with Crippen LogP contribution in [0.1, 0.15) is 26.3 Å². The summed E-state index contributed by atoms with van der Waals surface area (Å²) in [6, 6.07) is 0. The molecule has 0 saturated carbocycles. The maximum Gasteiger partial charge on any atom is 0.414 e. The van der Waals surface area contributed by atoms with Gasteiger partial charge in [0.25, 0.3) is 0 Å². The fraction of sp³-hybridized carbons (Fsp3) is 0.500. The smallest absolute Gasteiger partial charge is 0.414 e. The molecule has 5 nitrogen and oxygen atoms in total. The molecule has 0 aromatic carbocycles. The standard InChI is InChI=1S/C14H21N3O2Si/c1-14(2,3)19-13(18)17-12-15-9-11(10-16-12)7-8-20(4,5)6/h9-10H,1-6H3,(H,15,16,17,18). The van der Waals surface area contributed by atoms with E-state index in [0.717, 1.165) is 5.56 Å². The first-order valence-corrected chi connectivity index (χ1v) is 9.90. The minimum atomic E-state index is -1.41. The zero-order valence-corrected chi connectivity index (χ0v) is 13.9. The normalized spacial score (nSPS) is 11.3. The van der Waals surface area contributed by atoms with E-state index < -0.39 is 19.8 Å². The third-order valence-electron chi connectivity index (χ3n) is 1.85. The van der Waals surface area contributed by atoms with Crippen molar-refractivity contribution in [3.05, 3.63) is 18.0 Å². The highest BCUT2D eigenvalue weighted by Gasteiger charge is 2.16. The molecule has 6 heteroatoms. The van der Waals surface area contributed by atoms with Gasteiger partial charge >= 0.3 is 6.09 Å². The minimum absolute atomic E-state index is 0.206. The zero-order valence-electron chi connectivity index (χ0n) is 12.9. The van der Waals surface area contributed by atoms with Crippen LogP contribution in [-0.4, -0.2) is 29.7 Å². The Hall–Kier alpha value is -1.87. The molecule has 1 rings (SSSR count). The van der Waals surface area contributed by atoms with Crippen molar-refractivity contribution in [3.8, 4) is 11.5 Å². The highest BCUT2D eigenvalue weighted by atomic mass is 28.3. The summed E-state index contributed by atoms with van der Waals surface area (Å²) in [5.41, 5.74) is 3.42. The van der Waals surface area contributed by atoms with Gasteiger partial charge < -0.3 is 4.74 Å². The first-order valence-electron chi connectivity index (χ1n) is 6.40. The van der Waals surface area contributed by atoms with E-state index in [4.69, 9.17) is 4.74 Å². The second-order valence-corrected chi connectivity index (χ2v) is 11.2. The van der Waals surface area contributed by atoms with Crippen molar-refractivity contribution in [1.82, 2.24) is 9.97 Å². The van der Waals surface area contributed by atoms with E-state index in [1.54, 1.807) is 33.2 Å². The Bertz CT molecular complexity index is 531.